The first-order valence-electron chi connectivity index (χ1n) is 5.33. The second-order valence-electron chi connectivity index (χ2n) is 3.81. The Morgan fingerprint density at radius 3 is 2.72 bits per heavy atom. The van der Waals surface area contributed by atoms with E-state index in [1.807, 2.05) is 19.9 Å². The van der Waals surface area contributed by atoms with Crippen molar-refractivity contribution in [2.24, 2.45) is 0 Å². The summed E-state index contributed by atoms with van der Waals surface area (Å²) in [6.07, 6.45) is 4.82. The van der Waals surface area contributed by atoms with Gasteiger partial charge in [0.1, 0.15) is 6.33 Å². The van der Waals surface area contributed by atoms with Crippen LogP contribution in [0.2, 0.25) is 0 Å². The van der Waals surface area contributed by atoms with E-state index >= 15 is 0 Å². The molecule has 0 fully saturated rings. The fourth-order valence-electron chi connectivity index (χ4n) is 1.55. The molecule has 0 atom stereocenters. The Bertz CT molecular complexity index is 597. The van der Waals surface area contributed by atoms with Gasteiger partial charge in [-0.05, 0) is 32.1 Å². The highest BCUT2D eigenvalue weighted by atomic mass is 16.4. The Hall–Kier alpha value is -2.50. The minimum atomic E-state index is -1.07. The molecule has 0 unspecified atom stereocenters. The van der Waals surface area contributed by atoms with Gasteiger partial charge in [-0.2, -0.15) is 5.10 Å². The first kappa shape index (κ1) is 12.0. The average Bonchev–Trinajstić information content (AvgIpc) is 2.67. The molecule has 92 valence electrons. The minimum Gasteiger partial charge on any atom is -0.477 e. The molecule has 6 heteroatoms. The van der Waals surface area contributed by atoms with Gasteiger partial charge in [0.2, 0.25) is 0 Å². The van der Waals surface area contributed by atoms with Crippen molar-refractivity contribution in [1.29, 1.82) is 0 Å². The summed E-state index contributed by atoms with van der Waals surface area (Å²) < 4.78 is 0. The summed E-state index contributed by atoms with van der Waals surface area (Å²) in [5.41, 5.74) is 3.34. The van der Waals surface area contributed by atoms with Crippen molar-refractivity contribution in [3.05, 3.63) is 40.7 Å². The number of rotatable bonds is 3. The molecule has 2 aromatic heterocycles. The fourth-order valence-corrected chi connectivity index (χ4v) is 1.55. The van der Waals surface area contributed by atoms with Gasteiger partial charge in [0.15, 0.2) is 5.69 Å². The summed E-state index contributed by atoms with van der Waals surface area (Å²) >= 11 is 0. The van der Waals surface area contributed by atoms with E-state index in [-0.39, 0.29) is 5.69 Å². The van der Waals surface area contributed by atoms with E-state index in [1.165, 1.54) is 12.4 Å². The van der Waals surface area contributed by atoms with Crippen LogP contribution in [0.5, 0.6) is 0 Å². The van der Waals surface area contributed by atoms with Crippen LogP contribution in [0.1, 0.15) is 33.1 Å². The van der Waals surface area contributed by atoms with E-state index in [0.717, 1.165) is 17.0 Å². The Labute approximate surface area is 103 Å². The lowest BCUT2D eigenvalue weighted by Crippen LogP contribution is -2.00. The molecule has 0 spiro atoms. The van der Waals surface area contributed by atoms with E-state index in [1.54, 1.807) is 6.08 Å². The third-order valence-electron chi connectivity index (χ3n) is 2.51. The van der Waals surface area contributed by atoms with Crippen LogP contribution < -0.4 is 0 Å². The number of carboxylic acid groups (broad SMARTS) is 1. The predicted molar refractivity (Wildman–Crippen MR) is 66.0 cm³/mol. The molecule has 0 saturated heterocycles. The molecule has 0 aromatic carbocycles. The summed E-state index contributed by atoms with van der Waals surface area (Å²) in [6, 6.07) is 1.42. The highest BCUT2D eigenvalue weighted by Gasteiger charge is 2.05. The maximum atomic E-state index is 10.8. The third-order valence-corrected chi connectivity index (χ3v) is 2.51. The van der Waals surface area contributed by atoms with Gasteiger partial charge in [0, 0.05) is 11.3 Å². The molecule has 2 aromatic rings. The van der Waals surface area contributed by atoms with E-state index in [0.29, 0.717) is 5.69 Å². The first-order valence-corrected chi connectivity index (χ1v) is 5.33. The Kier molecular flexibility index (Phi) is 3.18. The fraction of sp³-hybridized carbons (Fsp3) is 0.167. The monoisotopic (exact) mass is 244 g/mol. The molecular formula is C12H12N4O2. The molecule has 0 aliphatic rings. The smallest absolute Gasteiger partial charge is 0.354 e. The zero-order valence-electron chi connectivity index (χ0n) is 10.0. The number of aryl methyl sites for hydroxylation is 2. The summed E-state index contributed by atoms with van der Waals surface area (Å²) in [7, 11) is 0. The molecule has 0 bridgehead atoms. The maximum absolute atomic E-state index is 10.8. The molecule has 2 heterocycles. The van der Waals surface area contributed by atoms with Crippen molar-refractivity contribution in [2.45, 2.75) is 13.8 Å². The summed E-state index contributed by atoms with van der Waals surface area (Å²) in [5.74, 6) is -1.07. The molecule has 2 rings (SSSR count). The lowest BCUT2D eigenvalue weighted by atomic mass is 10.1. The molecule has 6 nitrogen and oxygen atoms in total. The molecule has 2 N–H and O–H groups in total. The van der Waals surface area contributed by atoms with Crippen LogP contribution in [0.25, 0.3) is 12.2 Å². The van der Waals surface area contributed by atoms with Crippen LogP contribution in [0, 0.1) is 13.8 Å². The number of aromatic nitrogens is 4. The van der Waals surface area contributed by atoms with Gasteiger partial charge in [-0.15, -0.1) is 0 Å². The first-order chi connectivity index (χ1) is 8.58. The van der Waals surface area contributed by atoms with E-state index in [2.05, 4.69) is 20.2 Å². The minimum absolute atomic E-state index is 0.0229. The van der Waals surface area contributed by atoms with Crippen LogP contribution in [-0.2, 0) is 0 Å². The molecule has 0 aliphatic heterocycles. The van der Waals surface area contributed by atoms with Crippen LogP contribution in [0.3, 0.4) is 0 Å². The average molecular weight is 244 g/mol. The number of nitrogens with zero attached hydrogens (tertiary/aromatic N) is 3. The van der Waals surface area contributed by atoms with E-state index in [9.17, 15) is 4.79 Å². The summed E-state index contributed by atoms with van der Waals surface area (Å²) in [5, 5.41) is 15.8. The normalized spacial score (nSPS) is 11.0. The molecule has 0 aliphatic carbocycles. The second kappa shape index (κ2) is 4.79. The van der Waals surface area contributed by atoms with Gasteiger partial charge in [-0.3, -0.25) is 5.10 Å². The molecule has 0 radical (unpaired) electrons. The maximum Gasteiger partial charge on any atom is 0.354 e. The zero-order chi connectivity index (χ0) is 13.1. The van der Waals surface area contributed by atoms with Crippen LogP contribution in [0.4, 0.5) is 0 Å². The summed E-state index contributed by atoms with van der Waals surface area (Å²) in [6.45, 7) is 3.81. The predicted octanol–water partition coefficient (Wildman–Crippen LogP) is 1.69. The van der Waals surface area contributed by atoms with Gasteiger partial charge >= 0.3 is 5.97 Å². The van der Waals surface area contributed by atoms with E-state index < -0.39 is 5.97 Å². The van der Waals surface area contributed by atoms with Gasteiger partial charge in [-0.1, -0.05) is 0 Å². The van der Waals surface area contributed by atoms with Gasteiger partial charge in [0.25, 0.3) is 0 Å². The van der Waals surface area contributed by atoms with Crippen molar-refractivity contribution >= 4 is 18.1 Å². The lowest BCUT2D eigenvalue weighted by molar-refractivity contribution is 0.0690. The number of hydrogen-bond donors (Lipinski definition) is 2. The number of aromatic amines is 1. The van der Waals surface area contributed by atoms with Gasteiger partial charge in [-0.25, -0.2) is 14.8 Å². The van der Waals surface area contributed by atoms with Gasteiger partial charge < -0.3 is 5.11 Å². The molecule has 18 heavy (non-hydrogen) atoms. The summed E-state index contributed by atoms with van der Waals surface area (Å²) in [4.78, 5) is 18.4. The molecular weight excluding hydrogens is 232 g/mol. The number of carboxylic acids is 1. The van der Waals surface area contributed by atoms with E-state index in [4.69, 9.17) is 5.11 Å². The quantitative estimate of drug-likeness (QED) is 0.857. The van der Waals surface area contributed by atoms with Crippen LogP contribution >= 0.6 is 0 Å². The van der Waals surface area contributed by atoms with Crippen molar-refractivity contribution in [2.75, 3.05) is 0 Å². The lowest BCUT2D eigenvalue weighted by Gasteiger charge is -1.96. The Morgan fingerprint density at radius 1 is 1.33 bits per heavy atom. The third kappa shape index (κ3) is 2.42. The number of aromatic carboxylic acids is 1. The topological polar surface area (TPSA) is 91.8 Å². The van der Waals surface area contributed by atoms with Crippen molar-refractivity contribution in [3.8, 4) is 0 Å². The highest BCUT2D eigenvalue weighted by Crippen LogP contribution is 2.13. The van der Waals surface area contributed by atoms with Crippen LogP contribution in [0.15, 0.2) is 12.4 Å². The number of nitrogens with one attached hydrogen (secondary N) is 1. The highest BCUT2D eigenvalue weighted by molar-refractivity contribution is 5.86. The number of hydrogen-bond acceptors (Lipinski definition) is 4. The number of carbonyl (C=O) groups is 1. The zero-order valence-corrected chi connectivity index (χ0v) is 10.0. The Morgan fingerprint density at radius 2 is 2.11 bits per heavy atom. The Balaban J connectivity index is 2.29. The molecule has 0 amide bonds. The number of H-pyrrole nitrogens is 1. The van der Waals surface area contributed by atoms with Gasteiger partial charge in [0.05, 0.1) is 11.4 Å². The van der Waals surface area contributed by atoms with Crippen molar-refractivity contribution < 1.29 is 9.90 Å². The second-order valence-corrected chi connectivity index (χ2v) is 3.81. The van der Waals surface area contributed by atoms with Crippen molar-refractivity contribution in [1.82, 2.24) is 20.2 Å². The molecule has 0 saturated carbocycles. The van der Waals surface area contributed by atoms with Crippen LogP contribution in [-0.4, -0.2) is 31.2 Å². The SMILES string of the molecule is Cc1n[nH]c(C)c1/C=C/c1cc(C(=O)O)ncn1. The largest absolute Gasteiger partial charge is 0.477 e. The standard InChI is InChI=1S/C12H12N4O2/c1-7-10(8(2)16-15-7)4-3-9-5-11(12(17)18)14-6-13-9/h3-6H,1-2H3,(H,15,16)(H,17,18)/b4-3+. The van der Waals surface area contributed by atoms with Crippen molar-refractivity contribution in [3.63, 3.8) is 0 Å².